The molecule has 0 bridgehead atoms. The highest BCUT2D eigenvalue weighted by Crippen LogP contribution is 2.39. The van der Waals surface area contributed by atoms with E-state index in [9.17, 15) is 9.59 Å². The van der Waals surface area contributed by atoms with Crippen LogP contribution in [0, 0.1) is 19.8 Å². The van der Waals surface area contributed by atoms with Gasteiger partial charge in [-0.3, -0.25) is 14.6 Å². The van der Waals surface area contributed by atoms with E-state index in [1.54, 1.807) is 18.8 Å². The first kappa shape index (κ1) is 33.5. The van der Waals surface area contributed by atoms with E-state index in [2.05, 4.69) is 25.8 Å². The molecule has 1 saturated carbocycles. The SMILES string of the molecule is CCOc1cc(CC(=O)NC(=NC)SC[C@@H]2CCC[C@@H](c3nnc(NC(=O)Cc4ccc(C)c(OCC)c4)s3)C2)ccc1C. The van der Waals surface area contributed by atoms with Gasteiger partial charge in [-0.05, 0) is 87.3 Å². The molecule has 236 valence electrons. The first-order valence-corrected chi connectivity index (χ1v) is 17.0. The van der Waals surface area contributed by atoms with E-state index in [-0.39, 0.29) is 24.7 Å². The van der Waals surface area contributed by atoms with Gasteiger partial charge in [-0.15, -0.1) is 10.2 Å². The standard InChI is InChI=1S/C33H43N5O4S2/c1-6-41-27-16-23(13-11-21(27)3)18-29(39)35-32(34-5)43-20-25-9-8-10-26(15-25)31-37-38-33(44-31)36-30(40)19-24-14-12-22(4)28(17-24)42-7-2/h11-14,16-17,25-26H,6-10,15,18-20H2,1-5H3,(H,34,35,39)(H,36,38,40)/t25-,26-/m1/s1. The molecule has 3 aromatic rings. The fourth-order valence-corrected chi connectivity index (χ4v) is 7.22. The van der Waals surface area contributed by atoms with Gasteiger partial charge >= 0.3 is 0 Å². The van der Waals surface area contributed by atoms with Gasteiger partial charge in [0.15, 0.2) is 5.17 Å². The number of nitrogens with one attached hydrogen (secondary N) is 2. The van der Waals surface area contributed by atoms with Gasteiger partial charge in [0.25, 0.3) is 0 Å². The van der Waals surface area contributed by atoms with Crippen LogP contribution in [0.5, 0.6) is 11.5 Å². The number of anilines is 1. The number of carbonyl (C=O) groups is 2. The predicted molar refractivity (Wildman–Crippen MR) is 179 cm³/mol. The molecule has 11 heteroatoms. The zero-order chi connectivity index (χ0) is 31.5. The monoisotopic (exact) mass is 637 g/mol. The minimum absolute atomic E-state index is 0.0912. The van der Waals surface area contributed by atoms with Gasteiger partial charge in [0, 0.05) is 18.7 Å². The summed E-state index contributed by atoms with van der Waals surface area (Å²) in [5, 5.41) is 16.7. The average Bonchev–Trinajstić information content (AvgIpc) is 3.47. The molecule has 1 fully saturated rings. The second-order valence-corrected chi connectivity index (χ2v) is 13.0. The smallest absolute Gasteiger partial charge is 0.230 e. The lowest BCUT2D eigenvalue weighted by molar-refractivity contribution is -0.119. The molecule has 2 N–H and O–H groups in total. The summed E-state index contributed by atoms with van der Waals surface area (Å²) in [5.41, 5.74) is 3.90. The number of aliphatic imine (C=N–C) groups is 1. The number of nitrogens with zero attached hydrogens (tertiary/aromatic N) is 3. The third-order valence-electron chi connectivity index (χ3n) is 7.56. The molecule has 2 atom stereocenters. The van der Waals surface area contributed by atoms with E-state index in [1.807, 2.05) is 64.1 Å². The molecule has 0 saturated heterocycles. The van der Waals surface area contributed by atoms with E-state index >= 15 is 0 Å². The Balaban J connectivity index is 1.24. The fourth-order valence-electron chi connectivity index (χ4n) is 5.30. The Labute approximate surface area is 268 Å². The maximum atomic E-state index is 12.8. The maximum Gasteiger partial charge on any atom is 0.230 e. The van der Waals surface area contributed by atoms with Crippen molar-refractivity contribution in [1.29, 1.82) is 0 Å². The summed E-state index contributed by atoms with van der Waals surface area (Å²) >= 11 is 3.05. The molecular formula is C33H43N5O4S2. The summed E-state index contributed by atoms with van der Waals surface area (Å²) in [7, 11) is 1.71. The Hall–Kier alpha value is -3.44. The molecule has 1 aromatic heterocycles. The number of thioether (sulfide) groups is 1. The van der Waals surface area contributed by atoms with Crippen molar-refractivity contribution in [2.24, 2.45) is 10.9 Å². The summed E-state index contributed by atoms with van der Waals surface area (Å²) in [6.45, 7) is 9.06. The molecule has 4 rings (SSSR count). The van der Waals surface area contributed by atoms with Crippen molar-refractivity contribution in [3.05, 3.63) is 63.7 Å². The van der Waals surface area contributed by atoms with E-state index in [0.29, 0.717) is 35.3 Å². The molecule has 2 amide bonds. The molecule has 2 aromatic carbocycles. The van der Waals surface area contributed by atoms with Crippen LogP contribution in [0.3, 0.4) is 0 Å². The first-order chi connectivity index (χ1) is 21.3. The second-order valence-electron chi connectivity index (χ2n) is 11.0. The van der Waals surface area contributed by atoms with Crippen LogP contribution in [0.2, 0.25) is 0 Å². The molecule has 0 spiro atoms. The van der Waals surface area contributed by atoms with Gasteiger partial charge in [0.2, 0.25) is 16.9 Å². The maximum absolute atomic E-state index is 12.8. The number of amides is 2. The van der Waals surface area contributed by atoms with Crippen LogP contribution in [0.1, 0.15) is 72.7 Å². The molecule has 0 aliphatic heterocycles. The van der Waals surface area contributed by atoms with Crippen LogP contribution in [0.15, 0.2) is 41.4 Å². The lowest BCUT2D eigenvalue weighted by atomic mass is 9.83. The van der Waals surface area contributed by atoms with Crippen LogP contribution >= 0.6 is 23.1 Å². The van der Waals surface area contributed by atoms with Crippen molar-refractivity contribution in [2.75, 3.05) is 31.3 Å². The van der Waals surface area contributed by atoms with Crippen molar-refractivity contribution < 1.29 is 19.1 Å². The lowest BCUT2D eigenvalue weighted by Gasteiger charge is -2.27. The third-order valence-corrected chi connectivity index (χ3v) is 9.76. The second kappa shape index (κ2) is 16.6. The van der Waals surface area contributed by atoms with E-state index in [4.69, 9.17) is 9.47 Å². The molecule has 0 radical (unpaired) electrons. The number of amidine groups is 1. The fraction of sp³-hybridized carbons (Fsp3) is 0.485. The van der Waals surface area contributed by atoms with Gasteiger partial charge in [0.05, 0.1) is 26.1 Å². The Kier molecular flexibility index (Phi) is 12.6. The van der Waals surface area contributed by atoms with E-state index < -0.39 is 0 Å². The van der Waals surface area contributed by atoms with Crippen LogP contribution in [0.25, 0.3) is 0 Å². The number of benzene rings is 2. The Bertz CT molecular complexity index is 1460. The zero-order valence-electron chi connectivity index (χ0n) is 26.3. The Morgan fingerprint density at radius 3 is 2.20 bits per heavy atom. The predicted octanol–water partition coefficient (Wildman–Crippen LogP) is 6.49. The number of ether oxygens (including phenoxy) is 2. The molecule has 1 heterocycles. The van der Waals surface area contributed by atoms with Crippen molar-refractivity contribution in [3.8, 4) is 11.5 Å². The highest BCUT2D eigenvalue weighted by Gasteiger charge is 2.27. The molecular weight excluding hydrogens is 595 g/mol. The van der Waals surface area contributed by atoms with Gasteiger partial charge in [-0.2, -0.15) is 0 Å². The number of carbonyl (C=O) groups excluding carboxylic acids is 2. The summed E-state index contributed by atoms with van der Waals surface area (Å²) in [6.07, 6.45) is 4.79. The third kappa shape index (κ3) is 9.79. The van der Waals surface area contributed by atoms with E-state index in [1.165, 1.54) is 11.3 Å². The van der Waals surface area contributed by atoms with Crippen LogP contribution in [-0.2, 0) is 22.4 Å². The van der Waals surface area contributed by atoms with Gasteiger partial charge < -0.3 is 20.1 Å². The Morgan fingerprint density at radius 2 is 1.59 bits per heavy atom. The summed E-state index contributed by atoms with van der Waals surface area (Å²) < 4.78 is 11.3. The molecule has 1 aliphatic rings. The number of aromatic nitrogens is 2. The van der Waals surface area contributed by atoms with Gasteiger partial charge in [0.1, 0.15) is 16.5 Å². The van der Waals surface area contributed by atoms with Crippen molar-refractivity contribution in [1.82, 2.24) is 15.5 Å². The van der Waals surface area contributed by atoms with Crippen LogP contribution < -0.4 is 20.1 Å². The Morgan fingerprint density at radius 1 is 0.955 bits per heavy atom. The normalized spacial score (nSPS) is 16.8. The summed E-state index contributed by atoms with van der Waals surface area (Å²) in [6, 6.07) is 11.7. The molecule has 1 aliphatic carbocycles. The number of hydrogen-bond donors (Lipinski definition) is 2. The minimum Gasteiger partial charge on any atom is -0.494 e. The molecule has 0 unspecified atom stereocenters. The topological polar surface area (TPSA) is 115 Å². The zero-order valence-corrected chi connectivity index (χ0v) is 27.9. The lowest BCUT2D eigenvalue weighted by Crippen LogP contribution is -2.30. The van der Waals surface area contributed by atoms with Gasteiger partial charge in [-0.25, -0.2) is 0 Å². The van der Waals surface area contributed by atoms with Crippen molar-refractivity contribution in [3.63, 3.8) is 0 Å². The molecule has 9 nitrogen and oxygen atoms in total. The number of aryl methyl sites for hydroxylation is 2. The van der Waals surface area contributed by atoms with Crippen LogP contribution in [-0.4, -0.2) is 53.2 Å². The van der Waals surface area contributed by atoms with Crippen LogP contribution in [0.4, 0.5) is 5.13 Å². The van der Waals surface area contributed by atoms with E-state index in [0.717, 1.165) is 70.2 Å². The van der Waals surface area contributed by atoms with Gasteiger partial charge in [-0.1, -0.05) is 53.8 Å². The first-order valence-electron chi connectivity index (χ1n) is 15.2. The van der Waals surface area contributed by atoms with Crippen molar-refractivity contribution in [2.45, 2.75) is 72.1 Å². The highest BCUT2D eigenvalue weighted by molar-refractivity contribution is 8.13. The molecule has 44 heavy (non-hydrogen) atoms. The number of hydrogen-bond acceptors (Lipinski definition) is 9. The highest BCUT2D eigenvalue weighted by atomic mass is 32.2. The minimum atomic E-state index is -0.123. The number of rotatable bonds is 12. The summed E-state index contributed by atoms with van der Waals surface area (Å²) in [5.74, 6) is 3.05. The summed E-state index contributed by atoms with van der Waals surface area (Å²) in [4.78, 5) is 29.8. The quantitative estimate of drug-likeness (QED) is 0.172. The average molecular weight is 638 g/mol. The largest absolute Gasteiger partial charge is 0.494 e. The van der Waals surface area contributed by atoms with Crippen molar-refractivity contribution >= 4 is 45.2 Å².